The van der Waals surface area contributed by atoms with Crippen molar-refractivity contribution in [2.24, 2.45) is 0 Å². The van der Waals surface area contributed by atoms with E-state index in [4.69, 9.17) is 9.52 Å². The Morgan fingerprint density at radius 1 is 1.28 bits per heavy atom. The number of nitrogens with zero attached hydrogens (tertiary/aromatic N) is 1. The van der Waals surface area contributed by atoms with Gasteiger partial charge >= 0.3 is 5.97 Å². The Bertz CT molecular complexity index is 912. The molecule has 25 heavy (non-hydrogen) atoms. The van der Waals surface area contributed by atoms with Crippen molar-refractivity contribution in [2.45, 2.75) is 0 Å². The minimum Gasteiger partial charge on any atom is -0.478 e. The van der Waals surface area contributed by atoms with Crippen LogP contribution in [-0.2, 0) is 4.79 Å². The number of furan rings is 1. The van der Waals surface area contributed by atoms with E-state index in [0.29, 0.717) is 17.1 Å². The molecule has 126 valence electrons. The van der Waals surface area contributed by atoms with E-state index in [1.807, 2.05) is 0 Å². The number of carboxylic acids is 1. The van der Waals surface area contributed by atoms with Gasteiger partial charge in [0.1, 0.15) is 11.5 Å². The first-order valence-electron chi connectivity index (χ1n) is 7.29. The van der Waals surface area contributed by atoms with Gasteiger partial charge in [0.05, 0.1) is 10.5 Å². The number of carboxylic acid groups (broad SMARTS) is 1. The highest BCUT2D eigenvalue weighted by atomic mass is 32.2. The fourth-order valence-electron chi connectivity index (χ4n) is 2.31. The summed E-state index contributed by atoms with van der Waals surface area (Å²) in [6, 6.07) is 9.69. The van der Waals surface area contributed by atoms with Gasteiger partial charge in [-0.3, -0.25) is 14.5 Å². The van der Waals surface area contributed by atoms with E-state index >= 15 is 0 Å². The zero-order chi connectivity index (χ0) is 18.0. The van der Waals surface area contributed by atoms with Crippen molar-refractivity contribution in [2.75, 3.05) is 6.54 Å². The Balaban J connectivity index is 1.86. The molecule has 0 atom stereocenters. The number of carbonyl (C=O) groups is 3. The number of aromatic carboxylic acids is 1. The fourth-order valence-corrected chi connectivity index (χ4v) is 3.14. The summed E-state index contributed by atoms with van der Waals surface area (Å²) in [7, 11) is 0. The van der Waals surface area contributed by atoms with Gasteiger partial charge in [-0.2, -0.15) is 0 Å². The van der Waals surface area contributed by atoms with Gasteiger partial charge in [0.25, 0.3) is 11.1 Å². The van der Waals surface area contributed by atoms with Crippen LogP contribution in [0.4, 0.5) is 4.79 Å². The fraction of sp³-hybridized carbons (Fsp3) is 0.0556. The summed E-state index contributed by atoms with van der Waals surface area (Å²) in [5.41, 5.74) is 0.764. The number of thioether (sulfide) groups is 1. The molecular formula is C18H13NO5S. The predicted molar refractivity (Wildman–Crippen MR) is 94.0 cm³/mol. The molecule has 1 aliphatic rings. The van der Waals surface area contributed by atoms with Crippen LogP contribution in [0.2, 0.25) is 0 Å². The topological polar surface area (TPSA) is 87.8 Å². The van der Waals surface area contributed by atoms with Gasteiger partial charge < -0.3 is 9.52 Å². The number of hydrogen-bond acceptors (Lipinski definition) is 5. The number of rotatable bonds is 5. The van der Waals surface area contributed by atoms with Crippen molar-refractivity contribution < 1.29 is 23.9 Å². The van der Waals surface area contributed by atoms with E-state index in [-0.39, 0.29) is 28.2 Å². The maximum atomic E-state index is 12.2. The van der Waals surface area contributed by atoms with Crippen LogP contribution in [0.5, 0.6) is 0 Å². The first-order valence-corrected chi connectivity index (χ1v) is 8.11. The summed E-state index contributed by atoms with van der Waals surface area (Å²) < 4.78 is 5.66. The van der Waals surface area contributed by atoms with Gasteiger partial charge in [-0.1, -0.05) is 18.2 Å². The monoisotopic (exact) mass is 355 g/mol. The van der Waals surface area contributed by atoms with E-state index in [1.165, 1.54) is 24.3 Å². The molecule has 7 heteroatoms. The van der Waals surface area contributed by atoms with E-state index < -0.39 is 5.97 Å². The summed E-state index contributed by atoms with van der Waals surface area (Å²) in [5, 5.41) is 8.70. The van der Waals surface area contributed by atoms with Crippen LogP contribution in [0, 0.1) is 0 Å². The molecule has 0 radical (unpaired) electrons. The lowest BCUT2D eigenvalue weighted by atomic mass is 10.1. The smallest absolute Gasteiger partial charge is 0.335 e. The SMILES string of the molecule is C=CCN1C(=O)S/C(=C\c2ccc(-c3cccc(C(=O)O)c3)o2)C1=O. The maximum absolute atomic E-state index is 12.2. The molecule has 0 saturated carbocycles. The second kappa shape index (κ2) is 6.82. The van der Waals surface area contributed by atoms with E-state index in [9.17, 15) is 14.4 Å². The normalized spacial score (nSPS) is 15.8. The van der Waals surface area contributed by atoms with Gasteiger partial charge in [-0.25, -0.2) is 4.79 Å². The molecule has 1 aromatic heterocycles. The summed E-state index contributed by atoms with van der Waals surface area (Å²) in [6.07, 6.45) is 2.98. The molecular weight excluding hydrogens is 342 g/mol. The van der Waals surface area contributed by atoms with Crippen molar-refractivity contribution in [1.29, 1.82) is 0 Å². The summed E-state index contributed by atoms with van der Waals surface area (Å²) in [4.78, 5) is 36.4. The first kappa shape index (κ1) is 16.8. The average Bonchev–Trinajstić information content (AvgIpc) is 3.16. The quantitative estimate of drug-likeness (QED) is 0.647. The van der Waals surface area contributed by atoms with Crippen molar-refractivity contribution >= 4 is 35.0 Å². The van der Waals surface area contributed by atoms with Gasteiger partial charge in [0.15, 0.2) is 0 Å². The van der Waals surface area contributed by atoms with E-state index in [2.05, 4.69) is 6.58 Å². The molecule has 2 amide bonds. The lowest BCUT2D eigenvalue weighted by molar-refractivity contribution is -0.122. The first-order chi connectivity index (χ1) is 12.0. The van der Waals surface area contributed by atoms with Crippen LogP contribution in [0.25, 0.3) is 17.4 Å². The zero-order valence-corrected chi connectivity index (χ0v) is 13.8. The third kappa shape index (κ3) is 3.41. The summed E-state index contributed by atoms with van der Waals surface area (Å²) in [5.74, 6) is -0.537. The number of hydrogen-bond donors (Lipinski definition) is 1. The highest BCUT2D eigenvalue weighted by molar-refractivity contribution is 8.18. The number of benzene rings is 1. The van der Waals surface area contributed by atoms with Crippen LogP contribution < -0.4 is 0 Å². The van der Waals surface area contributed by atoms with Gasteiger partial charge in [0.2, 0.25) is 0 Å². The standard InChI is InChI=1S/C18H13NO5S/c1-2-8-19-16(20)15(25-18(19)23)10-13-6-7-14(24-13)11-4-3-5-12(9-11)17(21)22/h2-7,9-10H,1,8H2,(H,21,22)/b15-10-. The molecule has 1 saturated heterocycles. The Kier molecular flexibility index (Phi) is 4.58. The van der Waals surface area contributed by atoms with Crippen LogP contribution in [0.3, 0.4) is 0 Å². The summed E-state index contributed by atoms with van der Waals surface area (Å²) >= 11 is 0.841. The average molecular weight is 355 g/mol. The van der Waals surface area contributed by atoms with Gasteiger partial charge in [0, 0.05) is 18.2 Å². The number of amides is 2. The molecule has 0 spiro atoms. The highest BCUT2D eigenvalue weighted by Gasteiger charge is 2.34. The largest absolute Gasteiger partial charge is 0.478 e. The molecule has 1 aliphatic heterocycles. The zero-order valence-electron chi connectivity index (χ0n) is 13.0. The lowest BCUT2D eigenvalue weighted by Crippen LogP contribution is -2.27. The molecule has 2 heterocycles. The van der Waals surface area contributed by atoms with Gasteiger partial charge in [-0.15, -0.1) is 6.58 Å². The molecule has 0 unspecified atom stereocenters. The van der Waals surface area contributed by atoms with Crippen LogP contribution in [0.1, 0.15) is 16.1 Å². The third-order valence-corrected chi connectivity index (χ3v) is 4.39. The highest BCUT2D eigenvalue weighted by Crippen LogP contribution is 2.33. The Morgan fingerprint density at radius 3 is 2.80 bits per heavy atom. The van der Waals surface area contributed by atoms with Crippen molar-refractivity contribution in [3.63, 3.8) is 0 Å². The second-order valence-corrected chi connectivity index (χ2v) is 6.16. The number of imide groups is 1. The molecule has 1 fully saturated rings. The van der Waals surface area contributed by atoms with Crippen LogP contribution in [-0.4, -0.2) is 33.7 Å². The van der Waals surface area contributed by atoms with Crippen LogP contribution >= 0.6 is 11.8 Å². The Labute approximate surface area is 147 Å². The van der Waals surface area contributed by atoms with Crippen molar-refractivity contribution in [3.05, 3.63) is 65.3 Å². The minimum atomic E-state index is -1.02. The van der Waals surface area contributed by atoms with E-state index in [1.54, 1.807) is 24.3 Å². The molecule has 1 N–H and O–H groups in total. The van der Waals surface area contributed by atoms with Gasteiger partial charge in [-0.05, 0) is 36.0 Å². The molecule has 6 nitrogen and oxygen atoms in total. The molecule has 2 aromatic rings. The maximum Gasteiger partial charge on any atom is 0.335 e. The lowest BCUT2D eigenvalue weighted by Gasteiger charge is -2.07. The molecule has 0 bridgehead atoms. The third-order valence-electron chi connectivity index (χ3n) is 3.48. The van der Waals surface area contributed by atoms with E-state index in [0.717, 1.165) is 16.7 Å². The molecule has 0 aliphatic carbocycles. The Morgan fingerprint density at radius 2 is 2.08 bits per heavy atom. The molecule has 3 rings (SSSR count). The molecule has 1 aromatic carbocycles. The van der Waals surface area contributed by atoms with Crippen molar-refractivity contribution in [1.82, 2.24) is 4.90 Å². The number of carbonyl (C=O) groups excluding carboxylic acids is 2. The Hall–Kier alpha value is -3.06. The second-order valence-electron chi connectivity index (χ2n) is 5.17. The predicted octanol–water partition coefficient (Wildman–Crippen LogP) is 3.87. The summed E-state index contributed by atoms with van der Waals surface area (Å²) in [6.45, 7) is 3.68. The minimum absolute atomic E-state index is 0.154. The van der Waals surface area contributed by atoms with Crippen molar-refractivity contribution in [3.8, 4) is 11.3 Å². The van der Waals surface area contributed by atoms with Crippen LogP contribution in [0.15, 0.2) is 58.4 Å².